The predicted molar refractivity (Wildman–Crippen MR) is 101 cm³/mol. The highest BCUT2D eigenvalue weighted by atomic mass is 35.5. The Kier molecular flexibility index (Phi) is 5.95. The van der Waals surface area contributed by atoms with Gasteiger partial charge in [0.2, 0.25) is 5.91 Å². The summed E-state index contributed by atoms with van der Waals surface area (Å²) in [5.74, 6) is -0.835. The van der Waals surface area contributed by atoms with Gasteiger partial charge < -0.3 is 4.74 Å². The second-order valence-electron chi connectivity index (χ2n) is 5.74. The molecule has 2 N–H and O–H groups in total. The van der Waals surface area contributed by atoms with E-state index >= 15 is 0 Å². The van der Waals surface area contributed by atoms with Crippen molar-refractivity contribution in [3.05, 3.63) is 58.6 Å². The number of rotatable bonds is 6. The molecule has 0 aromatic heterocycles. The normalized spacial score (nSPS) is 16.5. The number of hydrogen-bond donors (Lipinski definition) is 2. The third-order valence-electron chi connectivity index (χ3n) is 3.80. The minimum atomic E-state index is -0.854. The number of ether oxygens (including phenoxy) is 1. The molecule has 0 aliphatic carbocycles. The lowest BCUT2D eigenvalue weighted by Crippen LogP contribution is -2.49. The van der Waals surface area contributed by atoms with Crippen LogP contribution in [-0.4, -0.2) is 30.4 Å². The van der Waals surface area contributed by atoms with Crippen molar-refractivity contribution >= 4 is 46.6 Å². The monoisotopic (exact) mass is 407 g/mol. The van der Waals surface area contributed by atoms with Gasteiger partial charge in [-0.05, 0) is 48.5 Å². The molecule has 0 radical (unpaired) electrons. The summed E-state index contributed by atoms with van der Waals surface area (Å²) in [5.41, 5.74) is 5.38. The third-order valence-corrected chi connectivity index (χ3v) is 4.30. The molecule has 27 heavy (non-hydrogen) atoms. The molecule has 1 saturated heterocycles. The Morgan fingerprint density at radius 2 is 1.63 bits per heavy atom. The van der Waals surface area contributed by atoms with E-state index in [1.807, 2.05) is 0 Å². The average Bonchev–Trinajstić information content (AvgIpc) is 2.94. The minimum Gasteiger partial charge on any atom is -0.484 e. The SMILES string of the molecule is O=C(COc1ccc(Cl)cc1)NNC1CC(=O)N(c2ccc(Cl)cc2)C1=O. The minimum absolute atomic E-state index is 0.0697. The number of imide groups is 1. The first kappa shape index (κ1) is 19.2. The molecule has 1 aliphatic rings. The van der Waals surface area contributed by atoms with Crippen LogP contribution in [0.4, 0.5) is 5.69 Å². The van der Waals surface area contributed by atoms with Gasteiger partial charge in [-0.2, -0.15) is 0 Å². The second kappa shape index (κ2) is 8.39. The smallest absolute Gasteiger partial charge is 0.272 e. The topological polar surface area (TPSA) is 87.7 Å². The number of carbonyl (C=O) groups is 3. The van der Waals surface area contributed by atoms with Crippen LogP contribution >= 0.6 is 23.2 Å². The predicted octanol–water partition coefficient (Wildman–Crippen LogP) is 2.33. The zero-order valence-electron chi connectivity index (χ0n) is 13.9. The maximum Gasteiger partial charge on any atom is 0.272 e. The van der Waals surface area contributed by atoms with Gasteiger partial charge in [-0.3, -0.25) is 19.8 Å². The average molecular weight is 408 g/mol. The molecule has 140 valence electrons. The summed E-state index contributed by atoms with van der Waals surface area (Å²) in [6, 6.07) is 12.0. The van der Waals surface area contributed by atoms with Crippen molar-refractivity contribution in [2.45, 2.75) is 12.5 Å². The maximum absolute atomic E-state index is 12.4. The first-order valence-electron chi connectivity index (χ1n) is 7.99. The van der Waals surface area contributed by atoms with Crippen LogP contribution in [0.3, 0.4) is 0 Å². The molecule has 1 unspecified atom stereocenters. The Balaban J connectivity index is 1.51. The van der Waals surface area contributed by atoms with Crippen LogP contribution in [0.25, 0.3) is 0 Å². The van der Waals surface area contributed by atoms with Gasteiger partial charge in [0.25, 0.3) is 11.8 Å². The van der Waals surface area contributed by atoms with Gasteiger partial charge >= 0.3 is 0 Å². The molecule has 7 nitrogen and oxygen atoms in total. The summed E-state index contributed by atoms with van der Waals surface area (Å²) < 4.78 is 5.30. The van der Waals surface area contributed by atoms with E-state index in [0.29, 0.717) is 21.5 Å². The molecular formula is C18H15Cl2N3O4. The van der Waals surface area contributed by atoms with Gasteiger partial charge in [0, 0.05) is 10.0 Å². The summed E-state index contributed by atoms with van der Waals surface area (Å²) in [5, 5.41) is 1.06. The van der Waals surface area contributed by atoms with E-state index in [1.165, 1.54) is 0 Å². The fourth-order valence-electron chi connectivity index (χ4n) is 2.49. The van der Waals surface area contributed by atoms with E-state index in [-0.39, 0.29) is 18.9 Å². The lowest BCUT2D eigenvalue weighted by atomic mass is 10.2. The zero-order chi connectivity index (χ0) is 19.4. The van der Waals surface area contributed by atoms with Gasteiger partial charge in [0.05, 0.1) is 12.1 Å². The molecule has 0 bridgehead atoms. The Bertz CT molecular complexity index is 856. The van der Waals surface area contributed by atoms with E-state index in [2.05, 4.69) is 10.9 Å². The van der Waals surface area contributed by atoms with Crippen molar-refractivity contribution in [1.29, 1.82) is 0 Å². The van der Waals surface area contributed by atoms with Crippen LogP contribution in [0.2, 0.25) is 10.0 Å². The number of amides is 3. The van der Waals surface area contributed by atoms with E-state index < -0.39 is 17.9 Å². The number of benzene rings is 2. The molecular weight excluding hydrogens is 393 g/mol. The van der Waals surface area contributed by atoms with Crippen molar-refractivity contribution in [2.24, 2.45) is 0 Å². The van der Waals surface area contributed by atoms with Crippen LogP contribution in [-0.2, 0) is 14.4 Å². The van der Waals surface area contributed by atoms with E-state index in [0.717, 1.165) is 4.90 Å². The lowest BCUT2D eigenvalue weighted by molar-refractivity contribution is -0.125. The van der Waals surface area contributed by atoms with Crippen LogP contribution in [0.15, 0.2) is 48.5 Å². The second-order valence-corrected chi connectivity index (χ2v) is 6.61. The Morgan fingerprint density at radius 1 is 1.04 bits per heavy atom. The van der Waals surface area contributed by atoms with Crippen molar-refractivity contribution in [1.82, 2.24) is 10.9 Å². The molecule has 3 rings (SSSR count). The number of carbonyl (C=O) groups excluding carboxylic acids is 3. The quantitative estimate of drug-likeness (QED) is 0.566. The molecule has 1 fully saturated rings. The number of nitrogens with one attached hydrogen (secondary N) is 2. The highest BCUT2D eigenvalue weighted by molar-refractivity contribution is 6.31. The largest absolute Gasteiger partial charge is 0.484 e. The Labute approximate surface area is 165 Å². The molecule has 2 aromatic rings. The fraction of sp³-hybridized carbons (Fsp3) is 0.167. The molecule has 0 spiro atoms. The molecule has 0 saturated carbocycles. The molecule has 1 aliphatic heterocycles. The zero-order valence-corrected chi connectivity index (χ0v) is 15.5. The summed E-state index contributed by atoms with van der Waals surface area (Å²) >= 11 is 11.6. The van der Waals surface area contributed by atoms with Crippen LogP contribution < -0.4 is 20.5 Å². The Hall–Kier alpha value is -2.61. The van der Waals surface area contributed by atoms with Gasteiger partial charge in [-0.1, -0.05) is 23.2 Å². The summed E-state index contributed by atoms with van der Waals surface area (Å²) in [7, 11) is 0. The lowest BCUT2D eigenvalue weighted by Gasteiger charge is -2.16. The number of anilines is 1. The van der Waals surface area contributed by atoms with Gasteiger partial charge in [-0.25, -0.2) is 10.3 Å². The standard InChI is InChI=1S/C18H15Cl2N3O4/c19-11-1-5-13(6-2-11)23-17(25)9-15(18(23)26)21-22-16(24)10-27-14-7-3-12(20)4-8-14/h1-8,15,21H,9-10H2,(H,22,24). The van der Waals surface area contributed by atoms with Crippen LogP contribution in [0.5, 0.6) is 5.75 Å². The van der Waals surface area contributed by atoms with Crippen molar-refractivity contribution in [2.75, 3.05) is 11.5 Å². The fourth-order valence-corrected chi connectivity index (χ4v) is 2.74. The maximum atomic E-state index is 12.4. The van der Waals surface area contributed by atoms with Crippen LogP contribution in [0.1, 0.15) is 6.42 Å². The Morgan fingerprint density at radius 3 is 2.26 bits per heavy atom. The number of halogens is 2. The van der Waals surface area contributed by atoms with E-state index in [9.17, 15) is 14.4 Å². The first-order valence-corrected chi connectivity index (χ1v) is 8.75. The van der Waals surface area contributed by atoms with Crippen molar-refractivity contribution in [3.63, 3.8) is 0 Å². The molecule has 9 heteroatoms. The third kappa shape index (κ3) is 4.77. The van der Waals surface area contributed by atoms with E-state index in [4.69, 9.17) is 27.9 Å². The molecule has 3 amide bonds. The summed E-state index contributed by atoms with van der Waals surface area (Å²) in [6.07, 6.45) is -0.0697. The molecule has 1 atom stereocenters. The number of hydrogen-bond acceptors (Lipinski definition) is 5. The summed E-state index contributed by atoms with van der Waals surface area (Å²) in [6.45, 7) is -0.260. The van der Waals surface area contributed by atoms with Gasteiger partial charge in [0.1, 0.15) is 11.8 Å². The highest BCUT2D eigenvalue weighted by Crippen LogP contribution is 2.24. The van der Waals surface area contributed by atoms with Gasteiger partial charge in [-0.15, -0.1) is 0 Å². The highest BCUT2D eigenvalue weighted by Gasteiger charge is 2.39. The van der Waals surface area contributed by atoms with Crippen LogP contribution in [0, 0.1) is 0 Å². The number of nitrogens with zero attached hydrogens (tertiary/aromatic N) is 1. The number of hydrazine groups is 1. The summed E-state index contributed by atoms with van der Waals surface area (Å²) in [4.78, 5) is 37.5. The van der Waals surface area contributed by atoms with E-state index in [1.54, 1.807) is 48.5 Å². The first-order chi connectivity index (χ1) is 12.9. The van der Waals surface area contributed by atoms with Crippen molar-refractivity contribution in [3.8, 4) is 5.75 Å². The van der Waals surface area contributed by atoms with Crippen molar-refractivity contribution < 1.29 is 19.1 Å². The molecule has 1 heterocycles. The molecule has 2 aromatic carbocycles. The van der Waals surface area contributed by atoms with Gasteiger partial charge in [0.15, 0.2) is 6.61 Å².